The van der Waals surface area contributed by atoms with E-state index in [1.165, 1.54) is 64.2 Å². The highest BCUT2D eigenvalue weighted by molar-refractivity contribution is 5.70. The first-order valence-corrected chi connectivity index (χ1v) is 26.5. The summed E-state index contributed by atoms with van der Waals surface area (Å²) in [6, 6.07) is 0. The second-order valence-corrected chi connectivity index (χ2v) is 18.3. The fourth-order valence-electron chi connectivity index (χ4n) is 7.83. The van der Waals surface area contributed by atoms with E-state index in [1.54, 1.807) is 0 Å². The molecule has 15 heteroatoms. The van der Waals surface area contributed by atoms with E-state index in [4.69, 9.17) is 28.4 Å². The lowest BCUT2D eigenvalue weighted by molar-refractivity contribution is -0.332. The molecule has 0 radical (unpaired) electrons. The Bertz CT molecular complexity index is 1490. The molecule has 0 aromatic heterocycles. The van der Waals surface area contributed by atoms with Crippen molar-refractivity contribution in [2.24, 2.45) is 0 Å². The molecule has 2 saturated heterocycles. The SMILES string of the molecule is CC/C=C/C/C=C/C/C=C/C/C=C/C/C=C/CCCC(=O)O[C@@H](COC(=O)CCCCCCCCCCC/C=C/CCCCCC)CO[C@@H]1O[C@H](CO[C@@H]2O[C@H](CO)[C@H](O)C(O)C2O)[C@H](O)C(O)C1O. The Morgan fingerprint density at radius 3 is 1.47 bits per heavy atom. The van der Waals surface area contributed by atoms with E-state index in [-0.39, 0.29) is 19.4 Å². The molecule has 0 aliphatic carbocycles. The van der Waals surface area contributed by atoms with E-state index in [9.17, 15) is 45.3 Å². The van der Waals surface area contributed by atoms with Crippen LogP contribution in [0.3, 0.4) is 0 Å². The van der Waals surface area contributed by atoms with Crippen molar-refractivity contribution in [3.8, 4) is 0 Å². The minimum absolute atomic E-state index is 0.0835. The van der Waals surface area contributed by atoms with Gasteiger partial charge in [-0.3, -0.25) is 9.59 Å². The molecule has 2 heterocycles. The third kappa shape index (κ3) is 28.8. The van der Waals surface area contributed by atoms with Crippen molar-refractivity contribution in [2.45, 2.75) is 235 Å². The van der Waals surface area contributed by atoms with Crippen LogP contribution >= 0.6 is 0 Å². The van der Waals surface area contributed by atoms with Gasteiger partial charge in [-0.15, -0.1) is 0 Å². The molecular weight excluding hydrogens is 901 g/mol. The highest BCUT2D eigenvalue weighted by Crippen LogP contribution is 2.26. The molecule has 0 aromatic carbocycles. The molecule has 0 aromatic rings. The normalized spacial score (nSPS) is 26.0. The lowest BCUT2D eigenvalue weighted by Gasteiger charge is -2.42. The van der Waals surface area contributed by atoms with Crippen molar-refractivity contribution in [1.82, 2.24) is 0 Å². The summed E-state index contributed by atoms with van der Waals surface area (Å²) in [5.41, 5.74) is 0. The number of aliphatic hydroxyl groups is 7. The molecule has 0 amide bonds. The van der Waals surface area contributed by atoms with Crippen molar-refractivity contribution in [1.29, 1.82) is 0 Å². The molecular formula is C55H92O15. The summed E-state index contributed by atoms with van der Waals surface area (Å²) in [4.78, 5) is 25.8. The molecule has 2 aliphatic rings. The molecule has 0 spiro atoms. The highest BCUT2D eigenvalue weighted by atomic mass is 16.7. The average molecular weight is 993 g/mol. The fraction of sp³-hybridized carbons (Fsp3) is 0.745. The van der Waals surface area contributed by atoms with E-state index in [1.807, 2.05) is 12.2 Å². The minimum Gasteiger partial charge on any atom is -0.462 e. The van der Waals surface area contributed by atoms with Gasteiger partial charge in [0.25, 0.3) is 0 Å². The van der Waals surface area contributed by atoms with Crippen LogP contribution in [-0.2, 0) is 38.0 Å². The maximum atomic E-state index is 13.0. The van der Waals surface area contributed by atoms with Gasteiger partial charge in [0.1, 0.15) is 55.4 Å². The van der Waals surface area contributed by atoms with Crippen LogP contribution in [0.25, 0.3) is 0 Å². The Hall–Kier alpha value is -3.06. The van der Waals surface area contributed by atoms with E-state index < -0.39 is 99.3 Å². The Kier molecular flexibility index (Phi) is 37.3. The fourth-order valence-corrected chi connectivity index (χ4v) is 7.83. The standard InChI is InChI=1S/C55H92O15/c1-3-5-7-9-11-13-15-17-19-21-23-25-27-29-31-33-35-37-46(57)65-40-43(68-47(58)38-36-34-32-30-28-26-24-22-20-18-16-14-12-10-8-6-4-2)41-66-54-53(64)51(62)49(60)45(70-54)42-67-55-52(63)50(61)48(59)44(39-56)69-55/h6,8,12-15,18,20,24,26,30,32,43-45,48-56,59-64H,3-5,7,9-11,16-17,19,21-23,25,27-29,31,33-42H2,1-2H3/b8-6+,14-12+,15-13+,20-18+,26-24+,32-30+/t43-,44+,45+,48-,49-,50?,51?,52?,53?,54+,55+/m0/s1. The molecule has 70 heavy (non-hydrogen) atoms. The zero-order valence-electron chi connectivity index (χ0n) is 42.5. The van der Waals surface area contributed by atoms with E-state index in [2.05, 4.69) is 74.6 Å². The van der Waals surface area contributed by atoms with Crippen molar-refractivity contribution in [2.75, 3.05) is 26.4 Å². The van der Waals surface area contributed by atoms with Gasteiger partial charge in [0.05, 0.1) is 19.8 Å². The average Bonchev–Trinajstić information content (AvgIpc) is 3.35. The molecule has 2 fully saturated rings. The zero-order chi connectivity index (χ0) is 51.0. The van der Waals surface area contributed by atoms with Crippen molar-refractivity contribution in [3.05, 3.63) is 72.9 Å². The number of esters is 2. The van der Waals surface area contributed by atoms with Gasteiger partial charge >= 0.3 is 11.9 Å². The summed E-state index contributed by atoms with van der Waals surface area (Å²) in [6.07, 6.45) is 32.2. The number of aliphatic hydroxyl groups excluding tert-OH is 7. The first-order chi connectivity index (χ1) is 34.0. The predicted molar refractivity (Wildman–Crippen MR) is 270 cm³/mol. The number of carbonyl (C=O) groups excluding carboxylic acids is 2. The topological polar surface area (TPSA) is 231 Å². The zero-order valence-corrected chi connectivity index (χ0v) is 42.5. The maximum absolute atomic E-state index is 13.0. The predicted octanol–water partition coefficient (Wildman–Crippen LogP) is 7.82. The van der Waals surface area contributed by atoms with Crippen LogP contribution in [0.4, 0.5) is 0 Å². The summed E-state index contributed by atoms with van der Waals surface area (Å²) < 4.78 is 33.5. The second-order valence-electron chi connectivity index (χ2n) is 18.3. The quantitative estimate of drug-likeness (QED) is 0.0176. The van der Waals surface area contributed by atoms with Gasteiger partial charge in [-0.1, -0.05) is 151 Å². The van der Waals surface area contributed by atoms with Crippen LogP contribution in [0.2, 0.25) is 0 Å². The van der Waals surface area contributed by atoms with Gasteiger partial charge in [0.2, 0.25) is 0 Å². The summed E-state index contributed by atoms with van der Waals surface area (Å²) in [7, 11) is 0. The maximum Gasteiger partial charge on any atom is 0.306 e. The molecule has 15 nitrogen and oxygen atoms in total. The monoisotopic (exact) mass is 993 g/mol. The number of rotatable bonds is 40. The Morgan fingerprint density at radius 1 is 0.471 bits per heavy atom. The largest absolute Gasteiger partial charge is 0.462 e. The van der Waals surface area contributed by atoms with Crippen LogP contribution in [0, 0.1) is 0 Å². The summed E-state index contributed by atoms with van der Waals surface area (Å²) >= 11 is 0. The van der Waals surface area contributed by atoms with Crippen LogP contribution in [-0.4, -0.2) is 142 Å². The highest BCUT2D eigenvalue weighted by Gasteiger charge is 2.47. The van der Waals surface area contributed by atoms with Crippen molar-refractivity contribution >= 4 is 11.9 Å². The van der Waals surface area contributed by atoms with Gasteiger partial charge in [0.15, 0.2) is 18.7 Å². The van der Waals surface area contributed by atoms with Crippen LogP contribution < -0.4 is 0 Å². The molecule has 402 valence electrons. The molecule has 11 atom stereocenters. The van der Waals surface area contributed by atoms with E-state index in [0.29, 0.717) is 19.3 Å². The third-order valence-corrected chi connectivity index (χ3v) is 12.2. The molecule has 7 N–H and O–H groups in total. The number of unbranched alkanes of at least 4 members (excludes halogenated alkanes) is 14. The number of allylic oxidation sites excluding steroid dienone is 12. The van der Waals surface area contributed by atoms with Gasteiger partial charge in [0, 0.05) is 12.8 Å². The summed E-state index contributed by atoms with van der Waals surface area (Å²) in [5, 5.41) is 72.1. The summed E-state index contributed by atoms with van der Waals surface area (Å²) in [6.45, 7) is 2.40. The van der Waals surface area contributed by atoms with E-state index in [0.717, 1.165) is 57.8 Å². The van der Waals surface area contributed by atoms with Gasteiger partial charge < -0.3 is 64.2 Å². The van der Waals surface area contributed by atoms with E-state index >= 15 is 0 Å². The van der Waals surface area contributed by atoms with Gasteiger partial charge in [-0.05, 0) is 77.0 Å². The van der Waals surface area contributed by atoms with Crippen LogP contribution in [0.5, 0.6) is 0 Å². The number of ether oxygens (including phenoxy) is 6. The molecule has 2 aliphatic heterocycles. The Balaban J connectivity index is 1.82. The van der Waals surface area contributed by atoms with Crippen molar-refractivity contribution < 1.29 is 73.8 Å². The third-order valence-electron chi connectivity index (χ3n) is 12.2. The van der Waals surface area contributed by atoms with Gasteiger partial charge in [-0.2, -0.15) is 0 Å². The minimum atomic E-state index is -1.78. The Morgan fingerprint density at radius 2 is 0.914 bits per heavy atom. The first kappa shape index (κ1) is 63.1. The number of hydrogen-bond acceptors (Lipinski definition) is 15. The summed E-state index contributed by atoms with van der Waals surface area (Å²) in [5.74, 6) is -0.999. The lowest BCUT2D eigenvalue weighted by atomic mass is 9.98. The second kappa shape index (κ2) is 41.4. The number of hydrogen-bond donors (Lipinski definition) is 7. The van der Waals surface area contributed by atoms with Crippen LogP contribution in [0.1, 0.15) is 168 Å². The van der Waals surface area contributed by atoms with Gasteiger partial charge in [-0.25, -0.2) is 0 Å². The van der Waals surface area contributed by atoms with Crippen molar-refractivity contribution in [3.63, 3.8) is 0 Å². The molecule has 2 rings (SSSR count). The Labute approximate surface area is 419 Å². The lowest BCUT2D eigenvalue weighted by Crippen LogP contribution is -2.61. The molecule has 4 unspecified atom stereocenters. The smallest absolute Gasteiger partial charge is 0.306 e. The number of carbonyl (C=O) groups is 2. The first-order valence-electron chi connectivity index (χ1n) is 26.5. The van der Waals surface area contributed by atoms with Crippen LogP contribution in [0.15, 0.2) is 72.9 Å². The molecule has 0 saturated carbocycles. The molecule has 0 bridgehead atoms.